The highest BCUT2D eigenvalue weighted by atomic mass is 79.9. The number of ether oxygens (including phenoxy) is 1. The molecule has 0 radical (unpaired) electrons. The van der Waals surface area contributed by atoms with Crippen molar-refractivity contribution in [2.24, 2.45) is 0 Å². The minimum absolute atomic E-state index is 0.308. The number of para-hydroxylation sites is 1. The Kier molecular flexibility index (Phi) is 3.89. The second-order valence-electron chi connectivity index (χ2n) is 5.56. The van der Waals surface area contributed by atoms with E-state index in [0.717, 1.165) is 11.3 Å². The molecule has 124 valence electrons. The summed E-state index contributed by atoms with van der Waals surface area (Å²) in [6, 6.07) is 19.3. The van der Waals surface area contributed by atoms with Crippen LogP contribution in [0.15, 0.2) is 77.1 Å². The molecule has 3 aromatic rings. The molecule has 2 aromatic carbocycles. The molecule has 1 aliphatic heterocycles. The zero-order valence-corrected chi connectivity index (χ0v) is 14.6. The molecule has 0 saturated heterocycles. The molecule has 0 fully saturated rings. The quantitative estimate of drug-likeness (QED) is 0.670. The lowest BCUT2D eigenvalue weighted by Gasteiger charge is -2.10. The molecular formula is C19H13BrN2O3. The highest BCUT2D eigenvalue weighted by Gasteiger charge is 2.36. The smallest absolute Gasteiger partial charge is 0.375 e. The third-order valence-electron chi connectivity index (χ3n) is 3.97. The lowest BCUT2D eigenvalue weighted by atomic mass is 10.0. The van der Waals surface area contributed by atoms with Crippen molar-refractivity contribution in [1.82, 2.24) is 9.78 Å². The van der Waals surface area contributed by atoms with Crippen LogP contribution in [0.5, 0.6) is 0 Å². The summed E-state index contributed by atoms with van der Waals surface area (Å²) in [6.45, 7) is 0. The summed E-state index contributed by atoms with van der Waals surface area (Å²) in [5.41, 5.74) is 3.17. The summed E-state index contributed by atoms with van der Waals surface area (Å²) in [4.78, 5) is 11.7. The first-order chi connectivity index (χ1) is 12.1. The number of hydrogen-bond donors (Lipinski definition) is 1. The molecule has 0 spiro atoms. The van der Waals surface area contributed by atoms with Crippen LogP contribution in [0, 0.1) is 0 Å². The van der Waals surface area contributed by atoms with Gasteiger partial charge in [0.05, 0.1) is 10.2 Å². The second-order valence-corrected chi connectivity index (χ2v) is 6.42. The van der Waals surface area contributed by atoms with Crippen LogP contribution in [-0.4, -0.2) is 20.9 Å². The Labute approximate surface area is 152 Å². The third-order valence-corrected chi connectivity index (χ3v) is 4.76. The summed E-state index contributed by atoms with van der Waals surface area (Å²) in [6.07, 6.45) is 1.09. The summed E-state index contributed by atoms with van der Waals surface area (Å²) in [7, 11) is 0. The molecule has 0 amide bonds. The Hall–Kier alpha value is -2.86. The van der Waals surface area contributed by atoms with Crippen LogP contribution in [0.25, 0.3) is 16.9 Å². The standard InChI is InChI=1S/C19H13BrN2O3/c20-15-17(23)19(24)25-18(15)14-11-22(13-9-5-2-6-10-13)21-16(14)12-7-3-1-4-8-12/h1-11,18,23H. The number of cyclic esters (lactones) is 1. The summed E-state index contributed by atoms with van der Waals surface area (Å²) in [5.74, 6) is -1.15. The van der Waals surface area contributed by atoms with Crippen LogP contribution < -0.4 is 0 Å². The molecule has 1 aromatic heterocycles. The van der Waals surface area contributed by atoms with E-state index < -0.39 is 17.8 Å². The number of nitrogens with zero attached hydrogens (tertiary/aromatic N) is 2. The number of aromatic nitrogens is 2. The second kappa shape index (κ2) is 6.22. The molecule has 1 aliphatic rings. The average molecular weight is 397 g/mol. The highest BCUT2D eigenvalue weighted by molar-refractivity contribution is 9.11. The van der Waals surface area contributed by atoms with Gasteiger partial charge < -0.3 is 9.84 Å². The average Bonchev–Trinajstić information content (AvgIpc) is 3.20. The Morgan fingerprint density at radius 1 is 1.04 bits per heavy atom. The number of aliphatic hydroxyl groups excluding tert-OH is 1. The van der Waals surface area contributed by atoms with Gasteiger partial charge in [-0.25, -0.2) is 9.48 Å². The van der Waals surface area contributed by atoms with Crippen molar-refractivity contribution in [3.05, 3.63) is 82.7 Å². The van der Waals surface area contributed by atoms with Gasteiger partial charge in [0.1, 0.15) is 5.69 Å². The number of esters is 1. The molecule has 1 unspecified atom stereocenters. The molecule has 0 bridgehead atoms. The van der Waals surface area contributed by atoms with Gasteiger partial charge in [-0.15, -0.1) is 0 Å². The Balaban J connectivity index is 1.88. The van der Waals surface area contributed by atoms with E-state index in [1.54, 1.807) is 4.68 Å². The van der Waals surface area contributed by atoms with Crippen LogP contribution >= 0.6 is 15.9 Å². The fourth-order valence-electron chi connectivity index (χ4n) is 2.75. The molecule has 0 saturated carbocycles. The molecule has 6 heteroatoms. The molecule has 0 aliphatic carbocycles. The van der Waals surface area contributed by atoms with Crippen LogP contribution in [0.3, 0.4) is 0 Å². The van der Waals surface area contributed by atoms with Crippen LogP contribution in [0.2, 0.25) is 0 Å². The molecule has 2 heterocycles. The molecule has 4 rings (SSSR count). The number of aliphatic hydroxyl groups is 1. The molecule has 1 atom stereocenters. The van der Waals surface area contributed by atoms with Crippen LogP contribution in [0.4, 0.5) is 0 Å². The van der Waals surface area contributed by atoms with Crippen LogP contribution in [-0.2, 0) is 9.53 Å². The maximum Gasteiger partial charge on any atom is 0.375 e. The third kappa shape index (κ3) is 2.74. The summed E-state index contributed by atoms with van der Waals surface area (Å²) < 4.78 is 7.36. The Bertz CT molecular complexity index is 965. The van der Waals surface area contributed by atoms with Crippen molar-refractivity contribution < 1.29 is 14.6 Å². The van der Waals surface area contributed by atoms with Gasteiger partial charge >= 0.3 is 5.97 Å². The zero-order valence-electron chi connectivity index (χ0n) is 13.0. The minimum Gasteiger partial charge on any atom is -0.501 e. The van der Waals surface area contributed by atoms with Gasteiger partial charge in [-0.2, -0.15) is 5.10 Å². The number of halogens is 1. The molecule has 1 N–H and O–H groups in total. The minimum atomic E-state index is -0.747. The largest absolute Gasteiger partial charge is 0.501 e. The van der Waals surface area contributed by atoms with Crippen molar-refractivity contribution >= 4 is 21.9 Å². The van der Waals surface area contributed by atoms with E-state index in [1.807, 2.05) is 66.9 Å². The van der Waals surface area contributed by atoms with E-state index in [1.165, 1.54) is 0 Å². The number of rotatable bonds is 3. The first-order valence-electron chi connectivity index (χ1n) is 7.65. The van der Waals surface area contributed by atoms with Crippen molar-refractivity contribution in [3.63, 3.8) is 0 Å². The fourth-order valence-corrected chi connectivity index (χ4v) is 3.25. The van der Waals surface area contributed by atoms with Gasteiger partial charge in [0.15, 0.2) is 6.10 Å². The fraction of sp³-hybridized carbons (Fsp3) is 0.0526. The topological polar surface area (TPSA) is 64.4 Å². The van der Waals surface area contributed by atoms with Gasteiger partial charge in [-0.1, -0.05) is 48.5 Å². The number of benzene rings is 2. The number of hydrogen-bond acceptors (Lipinski definition) is 4. The van der Waals surface area contributed by atoms with E-state index in [4.69, 9.17) is 4.74 Å². The van der Waals surface area contributed by atoms with Crippen molar-refractivity contribution in [3.8, 4) is 16.9 Å². The normalized spacial score (nSPS) is 17.0. The maximum atomic E-state index is 11.7. The monoisotopic (exact) mass is 396 g/mol. The molecule has 25 heavy (non-hydrogen) atoms. The SMILES string of the molecule is O=C1OC(c2cn(-c3ccccc3)nc2-c2ccccc2)C(Br)=C1O. The zero-order chi connectivity index (χ0) is 17.4. The van der Waals surface area contributed by atoms with E-state index in [-0.39, 0.29) is 0 Å². The number of carbonyl (C=O) groups is 1. The maximum absolute atomic E-state index is 11.7. The highest BCUT2D eigenvalue weighted by Crippen LogP contribution is 2.41. The summed E-state index contributed by atoms with van der Waals surface area (Å²) in [5, 5.41) is 14.5. The number of carbonyl (C=O) groups excluding carboxylic acids is 1. The van der Waals surface area contributed by atoms with Gasteiger partial charge in [-0.3, -0.25) is 0 Å². The predicted molar refractivity (Wildman–Crippen MR) is 96.4 cm³/mol. The lowest BCUT2D eigenvalue weighted by Crippen LogP contribution is -2.03. The van der Waals surface area contributed by atoms with E-state index in [0.29, 0.717) is 15.7 Å². The molecule has 5 nitrogen and oxygen atoms in total. The van der Waals surface area contributed by atoms with Crippen molar-refractivity contribution in [2.45, 2.75) is 6.10 Å². The van der Waals surface area contributed by atoms with Gasteiger partial charge in [0.25, 0.3) is 0 Å². The lowest BCUT2D eigenvalue weighted by molar-refractivity contribution is -0.142. The van der Waals surface area contributed by atoms with E-state index in [2.05, 4.69) is 21.0 Å². The Morgan fingerprint density at radius 2 is 1.68 bits per heavy atom. The van der Waals surface area contributed by atoms with E-state index in [9.17, 15) is 9.90 Å². The van der Waals surface area contributed by atoms with E-state index >= 15 is 0 Å². The van der Waals surface area contributed by atoms with Crippen LogP contribution in [0.1, 0.15) is 11.7 Å². The first kappa shape index (κ1) is 15.7. The van der Waals surface area contributed by atoms with Crippen molar-refractivity contribution in [1.29, 1.82) is 0 Å². The van der Waals surface area contributed by atoms with Gasteiger partial charge in [0, 0.05) is 17.3 Å². The predicted octanol–water partition coefficient (Wildman–Crippen LogP) is 4.30. The summed E-state index contributed by atoms with van der Waals surface area (Å²) >= 11 is 3.27. The van der Waals surface area contributed by atoms with Crippen molar-refractivity contribution in [2.75, 3.05) is 0 Å². The van der Waals surface area contributed by atoms with Gasteiger partial charge in [0.2, 0.25) is 5.76 Å². The van der Waals surface area contributed by atoms with Gasteiger partial charge in [-0.05, 0) is 28.1 Å². The molecular weight excluding hydrogens is 384 g/mol. The first-order valence-corrected chi connectivity index (χ1v) is 8.44. The Morgan fingerprint density at radius 3 is 2.28 bits per heavy atom.